The Labute approximate surface area is 73.5 Å². The third kappa shape index (κ3) is 1.79. The zero-order chi connectivity index (χ0) is 8.43. The Hall–Kier alpha value is -0.410. The highest BCUT2D eigenvalue weighted by molar-refractivity contribution is 9.10. The van der Waals surface area contributed by atoms with E-state index in [0.717, 1.165) is 5.56 Å². The minimum atomic E-state index is -0.264. The molecule has 2 N–H and O–H groups in total. The number of benzene rings is 1. The van der Waals surface area contributed by atoms with Crippen molar-refractivity contribution in [1.82, 2.24) is 0 Å². The first-order valence-electron chi connectivity index (χ1n) is 3.32. The molecule has 1 aromatic carbocycles. The second-order valence-electron chi connectivity index (χ2n) is 2.43. The summed E-state index contributed by atoms with van der Waals surface area (Å²) in [7, 11) is 0. The molecule has 0 saturated heterocycles. The van der Waals surface area contributed by atoms with Crippen LogP contribution in [0.3, 0.4) is 0 Å². The number of nitrogens with two attached hydrogens (primary N) is 1. The van der Waals surface area contributed by atoms with Crippen molar-refractivity contribution in [2.45, 2.75) is 13.0 Å². The highest BCUT2D eigenvalue weighted by atomic mass is 79.9. The van der Waals surface area contributed by atoms with Crippen molar-refractivity contribution in [3.63, 3.8) is 0 Å². The van der Waals surface area contributed by atoms with Crippen LogP contribution in [0.5, 0.6) is 0 Å². The molecule has 3 heteroatoms. The average Bonchev–Trinajstić information content (AvgIpc) is 1.94. The van der Waals surface area contributed by atoms with Crippen LogP contribution >= 0.6 is 15.9 Å². The Morgan fingerprint density at radius 3 is 2.64 bits per heavy atom. The van der Waals surface area contributed by atoms with Gasteiger partial charge < -0.3 is 5.73 Å². The molecule has 0 bridgehead atoms. The van der Waals surface area contributed by atoms with Crippen molar-refractivity contribution >= 4 is 15.9 Å². The lowest BCUT2D eigenvalue weighted by Crippen LogP contribution is -2.06. The van der Waals surface area contributed by atoms with E-state index in [0.29, 0.717) is 4.47 Å². The van der Waals surface area contributed by atoms with Crippen molar-refractivity contribution in [1.29, 1.82) is 0 Å². The average molecular weight is 218 g/mol. The molecule has 0 aliphatic rings. The minimum Gasteiger partial charge on any atom is -0.324 e. The quantitative estimate of drug-likeness (QED) is 0.770. The lowest BCUT2D eigenvalue weighted by atomic mass is 10.1. The molecule has 0 fully saturated rings. The second-order valence-corrected chi connectivity index (χ2v) is 3.22. The fraction of sp³-hybridized carbons (Fsp3) is 0.250. The minimum absolute atomic E-state index is 0.139. The summed E-state index contributed by atoms with van der Waals surface area (Å²) in [6.45, 7) is 1.82. The molecule has 0 radical (unpaired) electrons. The van der Waals surface area contributed by atoms with Crippen LogP contribution in [0.1, 0.15) is 18.5 Å². The van der Waals surface area contributed by atoms with Gasteiger partial charge in [-0.15, -0.1) is 0 Å². The number of rotatable bonds is 1. The summed E-state index contributed by atoms with van der Waals surface area (Å²) >= 11 is 3.13. The van der Waals surface area contributed by atoms with E-state index in [2.05, 4.69) is 15.9 Å². The first-order chi connectivity index (χ1) is 5.13. The van der Waals surface area contributed by atoms with E-state index < -0.39 is 0 Å². The first-order valence-corrected chi connectivity index (χ1v) is 4.11. The largest absolute Gasteiger partial charge is 0.324 e. The molecule has 0 heterocycles. The highest BCUT2D eigenvalue weighted by Gasteiger charge is 2.07. The van der Waals surface area contributed by atoms with Gasteiger partial charge in [-0.2, -0.15) is 0 Å². The highest BCUT2D eigenvalue weighted by Crippen LogP contribution is 2.24. The van der Waals surface area contributed by atoms with Gasteiger partial charge in [0.1, 0.15) is 5.82 Å². The predicted octanol–water partition coefficient (Wildman–Crippen LogP) is 2.61. The van der Waals surface area contributed by atoms with Gasteiger partial charge in [-0.05, 0) is 34.5 Å². The van der Waals surface area contributed by atoms with E-state index in [1.807, 2.05) is 6.92 Å². The number of hydrogen-bond donors (Lipinski definition) is 1. The molecule has 0 unspecified atom stereocenters. The van der Waals surface area contributed by atoms with Crippen LogP contribution in [0.25, 0.3) is 0 Å². The van der Waals surface area contributed by atoms with Gasteiger partial charge >= 0.3 is 0 Å². The van der Waals surface area contributed by atoms with Gasteiger partial charge in [0, 0.05) is 6.04 Å². The Bertz CT molecular complexity index is 260. The molecule has 1 atom stereocenters. The van der Waals surface area contributed by atoms with E-state index in [4.69, 9.17) is 5.73 Å². The van der Waals surface area contributed by atoms with Gasteiger partial charge in [0.15, 0.2) is 0 Å². The van der Waals surface area contributed by atoms with Crippen LogP contribution < -0.4 is 5.73 Å². The zero-order valence-corrected chi connectivity index (χ0v) is 7.73. The molecule has 0 aliphatic heterocycles. The predicted molar refractivity (Wildman–Crippen MR) is 46.7 cm³/mol. The van der Waals surface area contributed by atoms with Crippen molar-refractivity contribution in [2.24, 2.45) is 5.73 Å². The van der Waals surface area contributed by atoms with Crippen molar-refractivity contribution in [2.75, 3.05) is 0 Å². The van der Waals surface area contributed by atoms with E-state index in [1.165, 1.54) is 6.07 Å². The van der Waals surface area contributed by atoms with Gasteiger partial charge in [0.05, 0.1) is 4.47 Å². The topological polar surface area (TPSA) is 26.0 Å². The number of halogens is 2. The van der Waals surface area contributed by atoms with E-state index >= 15 is 0 Å². The fourth-order valence-corrected chi connectivity index (χ4v) is 1.50. The van der Waals surface area contributed by atoms with E-state index in [9.17, 15) is 4.39 Å². The van der Waals surface area contributed by atoms with Crippen LogP contribution in [0.15, 0.2) is 22.7 Å². The monoisotopic (exact) mass is 217 g/mol. The first kappa shape index (κ1) is 8.68. The summed E-state index contributed by atoms with van der Waals surface area (Å²) in [6, 6.07) is 4.71. The molecular weight excluding hydrogens is 209 g/mol. The van der Waals surface area contributed by atoms with Crippen LogP contribution in [0.2, 0.25) is 0 Å². The Morgan fingerprint density at radius 2 is 2.18 bits per heavy atom. The number of hydrogen-bond acceptors (Lipinski definition) is 1. The lowest BCUT2D eigenvalue weighted by Gasteiger charge is -2.07. The van der Waals surface area contributed by atoms with Crippen LogP contribution in [0.4, 0.5) is 4.39 Å². The molecule has 11 heavy (non-hydrogen) atoms. The smallest absolute Gasteiger partial charge is 0.137 e. The fourth-order valence-electron chi connectivity index (χ4n) is 0.872. The molecule has 0 aromatic heterocycles. The summed E-state index contributed by atoms with van der Waals surface area (Å²) < 4.78 is 13.3. The molecular formula is C8H9BrFN. The molecule has 1 rings (SSSR count). The third-order valence-corrected chi connectivity index (χ3v) is 2.31. The van der Waals surface area contributed by atoms with Gasteiger partial charge in [-0.1, -0.05) is 12.1 Å². The molecule has 60 valence electrons. The maximum absolute atomic E-state index is 12.8. The van der Waals surface area contributed by atoms with Crippen molar-refractivity contribution < 1.29 is 4.39 Å². The van der Waals surface area contributed by atoms with Gasteiger partial charge in [0.2, 0.25) is 0 Å². The second kappa shape index (κ2) is 3.32. The van der Waals surface area contributed by atoms with Gasteiger partial charge in [0.25, 0.3) is 0 Å². The molecule has 1 nitrogen and oxygen atoms in total. The Kier molecular flexibility index (Phi) is 2.62. The van der Waals surface area contributed by atoms with Gasteiger partial charge in [-0.25, -0.2) is 4.39 Å². The van der Waals surface area contributed by atoms with Crippen LogP contribution in [-0.4, -0.2) is 0 Å². The summed E-state index contributed by atoms with van der Waals surface area (Å²) in [5, 5.41) is 0. The molecule has 0 saturated carbocycles. The lowest BCUT2D eigenvalue weighted by molar-refractivity contribution is 0.614. The summed E-state index contributed by atoms with van der Waals surface area (Å²) in [6.07, 6.45) is 0. The van der Waals surface area contributed by atoms with Crippen LogP contribution in [0, 0.1) is 5.82 Å². The Balaban J connectivity index is 3.17. The van der Waals surface area contributed by atoms with Crippen molar-refractivity contribution in [3.05, 3.63) is 34.1 Å². The Morgan fingerprint density at radius 1 is 1.55 bits per heavy atom. The molecule has 0 spiro atoms. The van der Waals surface area contributed by atoms with Crippen LogP contribution in [-0.2, 0) is 0 Å². The summed E-state index contributed by atoms with van der Waals surface area (Å²) in [5.41, 5.74) is 6.38. The zero-order valence-electron chi connectivity index (χ0n) is 6.14. The van der Waals surface area contributed by atoms with E-state index in [1.54, 1.807) is 12.1 Å². The maximum Gasteiger partial charge on any atom is 0.137 e. The molecule has 0 aliphatic carbocycles. The summed E-state index contributed by atoms with van der Waals surface area (Å²) in [5.74, 6) is -0.264. The molecule has 1 aromatic rings. The SMILES string of the molecule is C[C@H](N)c1cccc(F)c1Br. The normalized spacial score (nSPS) is 13.1. The third-order valence-electron chi connectivity index (χ3n) is 1.47. The van der Waals surface area contributed by atoms with Gasteiger partial charge in [-0.3, -0.25) is 0 Å². The maximum atomic E-state index is 12.8. The van der Waals surface area contributed by atoms with Crippen molar-refractivity contribution in [3.8, 4) is 0 Å². The summed E-state index contributed by atoms with van der Waals surface area (Å²) in [4.78, 5) is 0. The standard InChI is InChI=1S/C8H9BrFN/c1-5(11)6-3-2-4-7(10)8(6)9/h2-5H,11H2,1H3/t5-/m0/s1. The molecule has 0 amide bonds. The van der Waals surface area contributed by atoms with E-state index in [-0.39, 0.29) is 11.9 Å².